The predicted octanol–water partition coefficient (Wildman–Crippen LogP) is 10.0. The van der Waals surface area contributed by atoms with Crippen molar-refractivity contribution in [2.45, 2.75) is 0 Å². The van der Waals surface area contributed by atoms with Gasteiger partial charge in [-0.2, -0.15) is 0 Å². The normalized spacial score (nSPS) is 11.8. The van der Waals surface area contributed by atoms with Gasteiger partial charge in [-0.25, -0.2) is 0 Å². The first-order valence-electron chi connectivity index (χ1n) is 13.2. The van der Waals surface area contributed by atoms with Gasteiger partial charge < -0.3 is 14.2 Å². The van der Waals surface area contributed by atoms with E-state index < -0.39 is 0 Å². The Kier molecular flexibility index (Phi) is 4.82. The van der Waals surface area contributed by atoms with Crippen LogP contribution in [0.3, 0.4) is 0 Å². The number of ether oxygens (including phenoxy) is 1. The van der Waals surface area contributed by atoms with Crippen molar-refractivity contribution >= 4 is 38.9 Å². The summed E-state index contributed by atoms with van der Waals surface area (Å²) in [5, 5.41) is 2.45. The fraction of sp³-hybridized carbons (Fsp3) is 0. The Hall–Kier alpha value is -5.28. The highest BCUT2D eigenvalue weighted by molar-refractivity contribution is 6.12. The van der Waals surface area contributed by atoms with Crippen LogP contribution in [0.5, 0.6) is 11.5 Å². The van der Waals surface area contributed by atoms with E-state index in [1.165, 1.54) is 16.3 Å². The van der Waals surface area contributed by atoms with Crippen LogP contribution in [0.1, 0.15) is 0 Å². The predicted molar refractivity (Wildman–Crippen MR) is 161 cm³/mol. The summed E-state index contributed by atoms with van der Waals surface area (Å²) in [7, 11) is 0. The van der Waals surface area contributed by atoms with Gasteiger partial charge in [0.15, 0.2) is 11.5 Å². The molecule has 0 fully saturated rings. The molecule has 0 radical (unpaired) electrons. The minimum atomic E-state index is 0.884. The summed E-state index contributed by atoms with van der Waals surface area (Å²) in [4.78, 5) is 2.28. The van der Waals surface area contributed by atoms with Crippen molar-refractivity contribution in [3.63, 3.8) is 0 Å². The number of fused-ring (bicyclic) bond motifs is 5. The zero-order valence-corrected chi connectivity index (χ0v) is 21.2. The smallest absolute Gasteiger partial charge is 0.159 e. The molecule has 184 valence electrons. The van der Waals surface area contributed by atoms with Crippen LogP contribution >= 0.6 is 0 Å². The van der Waals surface area contributed by atoms with Crippen molar-refractivity contribution in [2.75, 3.05) is 4.90 Å². The summed E-state index contributed by atoms with van der Waals surface area (Å²) >= 11 is 0. The topological polar surface area (TPSA) is 17.4 Å². The third-order valence-electron chi connectivity index (χ3n) is 7.57. The maximum Gasteiger partial charge on any atom is 0.159 e. The Balaban J connectivity index is 1.26. The first kappa shape index (κ1) is 21.8. The molecule has 0 saturated heterocycles. The highest BCUT2D eigenvalue weighted by Gasteiger charge is 2.25. The molecule has 2 heterocycles. The number of rotatable bonds is 4. The largest absolute Gasteiger partial charge is 0.452 e. The molecule has 1 aliphatic rings. The molecule has 0 amide bonds. The first-order valence-corrected chi connectivity index (χ1v) is 13.2. The standard InChI is InChI=1S/C36H24N2O/c1-3-11-26(12-4-1)37(27-13-5-2-6-14-27)28-23-21-25(22-24-28)29-16-9-19-33-36(29)39-34-20-10-17-31-30-15-7-8-18-32(30)38(33)35(31)34/h1-24H. The lowest BCUT2D eigenvalue weighted by Gasteiger charge is -2.26. The fourth-order valence-electron chi connectivity index (χ4n) is 5.86. The van der Waals surface area contributed by atoms with E-state index in [0.717, 1.165) is 50.9 Å². The molecule has 3 heteroatoms. The molecule has 8 rings (SSSR count). The third kappa shape index (κ3) is 3.37. The van der Waals surface area contributed by atoms with Crippen LogP contribution in [-0.2, 0) is 0 Å². The first-order chi connectivity index (χ1) is 19.4. The van der Waals surface area contributed by atoms with E-state index in [1.807, 2.05) is 12.1 Å². The second kappa shape index (κ2) is 8.64. The Morgan fingerprint density at radius 2 is 1.10 bits per heavy atom. The maximum atomic E-state index is 6.65. The molecule has 0 saturated carbocycles. The summed E-state index contributed by atoms with van der Waals surface area (Å²) in [6, 6.07) is 51.1. The zero-order valence-electron chi connectivity index (χ0n) is 21.2. The third-order valence-corrected chi connectivity index (χ3v) is 7.57. The maximum absolute atomic E-state index is 6.65. The molecule has 6 aromatic carbocycles. The number of aromatic nitrogens is 1. The van der Waals surface area contributed by atoms with Crippen LogP contribution in [0.2, 0.25) is 0 Å². The highest BCUT2D eigenvalue weighted by atomic mass is 16.5. The summed E-state index contributed by atoms with van der Waals surface area (Å²) in [6.45, 7) is 0. The lowest BCUT2D eigenvalue weighted by molar-refractivity contribution is 0.478. The van der Waals surface area contributed by atoms with E-state index in [1.54, 1.807) is 0 Å². The number of anilines is 3. The van der Waals surface area contributed by atoms with E-state index in [4.69, 9.17) is 4.74 Å². The van der Waals surface area contributed by atoms with Crippen molar-refractivity contribution in [3.8, 4) is 28.3 Å². The number of hydrogen-bond acceptors (Lipinski definition) is 2. The van der Waals surface area contributed by atoms with Crippen molar-refractivity contribution in [1.82, 2.24) is 4.57 Å². The monoisotopic (exact) mass is 500 g/mol. The van der Waals surface area contributed by atoms with Crippen molar-refractivity contribution < 1.29 is 4.74 Å². The van der Waals surface area contributed by atoms with Gasteiger partial charge in [-0.05, 0) is 60.2 Å². The van der Waals surface area contributed by atoms with Crippen LogP contribution in [-0.4, -0.2) is 4.57 Å². The summed E-state index contributed by atoms with van der Waals surface area (Å²) in [5.74, 6) is 1.77. The van der Waals surface area contributed by atoms with E-state index in [-0.39, 0.29) is 0 Å². The molecule has 39 heavy (non-hydrogen) atoms. The number of para-hydroxylation sites is 5. The molecule has 0 atom stereocenters. The van der Waals surface area contributed by atoms with E-state index in [2.05, 4.69) is 143 Å². The Labute approximate surface area is 226 Å². The zero-order chi connectivity index (χ0) is 25.8. The Morgan fingerprint density at radius 3 is 1.85 bits per heavy atom. The fourth-order valence-corrected chi connectivity index (χ4v) is 5.86. The molecular formula is C36H24N2O. The SMILES string of the molecule is c1ccc(N(c2ccccc2)c2ccc(-c3cccc4c3Oc3cccc5c6ccccc6n-4c35)cc2)cc1. The molecular weight excluding hydrogens is 476 g/mol. The lowest BCUT2D eigenvalue weighted by atomic mass is 10.0. The molecule has 0 bridgehead atoms. The Bertz CT molecular complexity index is 1930. The van der Waals surface area contributed by atoms with Crippen LogP contribution in [0.25, 0.3) is 38.6 Å². The molecule has 3 nitrogen and oxygen atoms in total. The summed E-state index contributed by atoms with van der Waals surface area (Å²) < 4.78 is 9.00. The van der Waals surface area contributed by atoms with Gasteiger partial charge >= 0.3 is 0 Å². The number of benzene rings is 6. The average Bonchev–Trinajstić information content (AvgIpc) is 3.35. The van der Waals surface area contributed by atoms with Gasteiger partial charge in [-0.15, -0.1) is 0 Å². The van der Waals surface area contributed by atoms with E-state index in [9.17, 15) is 0 Å². The summed E-state index contributed by atoms with van der Waals surface area (Å²) in [5.41, 5.74) is 8.92. The second-order valence-corrected chi connectivity index (χ2v) is 9.81. The average molecular weight is 501 g/mol. The summed E-state index contributed by atoms with van der Waals surface area (Å²) in [6.07, 6.45) is 0. The second-order valence-electron chi connectivity index (χ2n) is 9.81. The van der Waals surface area contributed by atoms with E-state index in [0.29, 0.717) is 0 Å². The molecule has 0 aliphatic carbocycles. The number of hydrogen-bond donors (Lipinski definition) is 0. The van der Waals surface area contributed by atoms with Crippen LogP contribution in [0.15, 0.2) is 146 Å². The van der Waals surface area contributed by atoms with Crippen LogP contribution in [0, 0.1) is 0 Å². The van der Waals surface area contributed by atoms with Gasteiger partial charge in [-0.3, -0.25) is 0 Å². The van der Waals surface area contributed by atoms with Crippen LogP contribution in [0.4, 0.5) is 17.1 Å². The van der Waals surface area contributed by atoms with Gasteiger partial charge in [0.2, 0.25) is 0 Å². The molecule has 0 spiro atoms. The van der Waals surface area contributed by atoms with Crippen molar-refractivity contribution in [2.24, 2.45) is 0 Å². The van der Waals surface area contributed by atoms with Crippen molar-refractivity contribution in [1.29, 1.82) is 0 Å². The molecule has 1 aliphatic heterocycles. The highest BCUT2D eigenvalue weighted by Crippen LogP contribution is 2.48. The molecule has 0 N–H and O–H groups in total. The molecule has 0 unspecified atom stereocenters. The van der Waals surface area contributed by atoms with Gasteiger partial charge in [0.25, 0.3) is 0 Å². The van der Waals surface area contributed by atoms with Crippen molar-refractivity contribution in [3.05, 3.63) is 146 Å². The quantitative estimate of drug-likeness (QED) is 0.239. The van der Waals surface area contributed by atoms with Gasteiger partial charge in [0, 0.05) is 33.4 Å². The van der Waals surface area contributed by atoms with Gasteiger partial charge in [-0.1, -0.05) is 91.0 Å². The van der Waals surface area contributed by atoms with Crippen LogP contribution < -0.4 is 9.64 Å². The molecule has 1 aromatic heterocycles. The minimum absolute atomic E-state index is 0.884. The van der Waals surface area contributed by atoms with Gasteiger partial charge in [0.1, 0.15) is 0 Å². The van der Waals surface area contributed by atoms with Gasteiger partial charge in [0.05, 0.1) is 16.7 Å². The minimum Gasteiger partial charge on any atom is -0.452 e. The molecule has 7 aromatic rings. The number of nitrogens with zero attached hydrogens (tertiary/aromatic N) is 2. The Morgan fingerprint density at radius 1 is 0.487 bits per heavy atom. The lowest BCUT2D eigenvalue weighted by Crippen LogP contribution is -2.09. The van der Waals surface area contributed by atoms with E-state index >= 15 is 0 Å².